The van der Waals surface area contributed by atoms with Crippen LogP contribution in [0.3, 0.4) is 0 Å². The molecule has 0 heterocycles. The third kappa shape index (κ3) is 2.99. The van der Waals surface area contributed by atoms with E-state index in [0.717, 1.165) is 0 Å². The second-order valence-corrected chi connectivity index (χ2v) is 5.73. The van der Waals surface area contributed by atoms with Crippen LogP contribution in [0, 0.1) is 6.92 Å². The summed E-state index contributed by atoms with van der Waals surface area (Å²) < 4.78 is 0. The van der Waals surface area contributed by atoms with Gasteiger partial charge in [-0.25, -0.2) is 0 Å². The summed E-state index contributed by atoms with van der Waals surface area (Å²) in [5, 5.41) is 0.626. The minimum absolute atomic E-state index is 0.394. The van der Waals surface area contributed by atoms with Crippen LogP contribution in [0.15, 0.2) is 29.2 Å². The molecule has 0 spiro atoms. The Bertz CT molecular complexity index is 307. The molecule has 1 aromatic rings. The van der Waals surface area contributed by atoms with E-state index in [0.29, 0.717) is 11.3 Å². The number of nitrogens with two attached hydrogens (primary N) is 1. The summed E-state index contributed by atoms with van der Waals surface area (Å²) in [7, 11) is 0. The fraction of sp³-hybridized carbons (Fsp3) is 0.538. The number of aryl methyl sites for hydroxylation is 1. The van der Waals surface area contributed by atoms with Crippen molar-refractivity contribution in [2.24, 2.45) is 5.73 Å². The van der Waals surface area contributed by atoms with Crippen LogP contribution in [0.2, 0.25) is 0 Å². The lowest BCUT2D eigenvalue weighted by Crippen LogP contribution is -2.35. The van der Waals surface area contributed by atoms with Gasteiger partial charge in [-0.2, -0.15) is 0 Å². The van der Waals surface area contributed by atoms with Crippen molar-refractivity contribution in [2.75, 3.05) is 0 Å². The molecule has 0 saturated heterocycles. The van der Waals surface area contributed by atoms with Gasteiger partial charge in [0.15, 0.2) is 0 Å². The molecule has 2 atom stereocenters. The van der Waals surface area contributed by atoms with E-state index in [-0.39, 0.29) is 0 Å². The highest BCUT2D eigenvalue weighted by Gasteiger charge is 2.22. The Morgan fingerprint density at radius 2 is 1.80 bits per heavy atom. The van der Waals surface area contributed by atoms with E-state index in [1.807, 2.05) is 11.8 Å². The summed E-state index contributed by atoms with van der Waals surface area (Å²) in [6.45, 7) is 2.13. The topological polar surface area (TPSA) is 26.0 Å². The van der Waals surface area contributed by atoms with E-state index < -0.39 is 0 Å². The molecule has 1 saturated carbocycles. The van der Waals surface area contributed by atoms with E-state index in [1.165, 1.54) is 36.1 Å². The van der Waals surface area contributed by atoms with Crippen molar-refractivity contribution >= 4 is 11.8 Å². The molecule has 0 aliphatic heterocycles. The van der Waals surface area contributed by atoms with Gasteiger partial charge in [-0.05, 0) is 31.9 Å². The van der Waals surface area contributed by atoms with Gasteiger partial charge in [0.25, 0.3) is 0 Å². The van der Waals surface area contributed by atoms with Crippen molar-refractivity contribution in [2.45, 2.75) is 48.8 Å². The molecule has 0 aromatic heterocycles. The molecule has 2 heteroatoms. The van der Waals surface area contributed by atoms with Crippen LogP contribution in [0.4, 0.5) is 0 Å². The summed E-state index contributed by atoms with van der Waals surface area (Å²) >= 11 is 1.96. The van der Waals surface area contributed by atoms with Gasteiger partial charge in [0.2, 0.25) is 0 Å². The van der Waals surface area contributed by atoms with Crippen LogP contribution >= 0.6 is 11.8 Å². The van der Waals surface area contributed by atoms with Crippen molar-refractivity contribution in [3.05, 3.63) is 29.8 Å². The van der Waals surface area contributed by atoms with Crippen LogP contribution in [-0.2, 0) is 0 Å². The number of thioether (sulfide) groups is 1. The van der Waals surface area contributed by atoms with Gasteiger partial charge >= 0.3 is 0 Å². The molecular weight excluding hydrogens is 202 g/mol. The maximum atomic E-state index is 6.14. The Labute approximate surface area is 96.4 Å². The zero-order valence-corrected chi connectivity index (χ0v) is 10.1. The normalized spacial score (nSPS) is 26.5. The summed E-state index contributed by atoms with van der Waals surface area (Å²) in [6.07, 6.45) is 5.13. The minimum Gasteiger partial charge on any atom is -0.327 e. The summed E-state index contributed by atoms with van der Waals surface area (Å²) in [5.74, 6) is 0. The first-order valence-corrected chi connectivity index (χ1v) is 6.62. The highest BCUT2D eigenvalue weighted by Crippen LogP contribution is 2.32. The highest BCUT2D eigenvalue weighted by molar-refractivity contribution is 8.00. The maximum absolute atomic E-state index is 6.14. The number of benzene rings is 1. The largest absolute Gasteiger partial charge is 0.327 e. The Balaban J connectivity index is 1.98. The first-order valence-electron chi connectivity index (χ1n) is 5.74. The van der Waals surface area contributed by atoms with Crippen molar-refractivity contribution in [3.63, 3.8) is 0 Å². The molecule has 1 nitrogen and oxygen atoms in total. The SMILES string of the molecule is Cc1ccc(SC2CCCCC2N)cc1. The minimum atomic E-state index is 0.394. The first-order chi connectivity index (χ1) is 7.25. The standard InChI is InChI=1S/C13H19NS/c1-10-6-8-11(9-7-10)15-13-5-3-2-4-12(13)14/h6-9,12-13H,2-5,14H2,1H3. The van der Waals surface area contributed by atoms with Crippen LogP contribution in [-0.4, -0.2) is 11.3 Å². The van der Waals surface area contributed by atoms with Crippen molar-refractivity contribution in [3.8, 4) is 0 Å². The van der Waals surface area contributed by atoms with Gasteiger partial charge in [0.05, 0.1) is 0 Å². The van der Waals surface area contributed by atoms with E-state index in [9.17, 15) is 0 Å². The average Bonchev–Trinajstić information content (AvgIpc) is 2.25. The van der Waals surface area contributed by atoms with Gasteiger partial charge in [-0.15, -0.1) is 11.8 Å². The molecule has 2 N–H and O–H groups in total. The lowest BCUT2D eigenvalue weighted by atomic mass is 9.96. The van der Waals surface area contributed by atoms with E-state index in [2.05, 4.69) is 31.2 Å². The smallest absolute Gasteiger partial charge is 0.0246 e. The zero-order valence-electron chi connectivity index (χ0n) is 9.28. The molecule has 1 aliphatic rings. The predicted octanol–water partition coefficient (Wildman–Crippen LogP) is 3.36. The van der Waals surface area contributed by atoms with Gasteiger partial charge < -0.3 is 5.73 Å². The van der Waals surface area contributed by atoms with E-state index >= 15 is 0 Å². The summed E-state index contributed by atoms with van der Waals surface area (Å²) in [6, 6.07) is 9.17. The highest BCUT2D eigenvalue weighted by atomic mass is 32.2. The van der Waals surface area contributed by atoms with Crippen molar-refractivity contribution in [1.82, 2.24) is 0 Å². The van der Waals surface area contributed by atoms with Crippen LogP contribution in [0.1, 0.15) is 31.2 Å². The zero-order chi connectivity index (χ0) is 10.7. The molecule has 1 aliphatic carbocycles. The van der Waals surface area contributed by atoms with E-state index in [1.54, 1.807) is 0 Å². The summed E-state index contributed by atoms with van der Waals surface area (Å²) in [4.78, 5) is 1.36. The Morgan fingerprint density at radius 3 is 2.47 bits per heavy atom. The predicted molar refractivity (Wildman–Crippen MR) is 67.3 cm³/mol. The fourth-order valence-corrected chi connectivity index (χ4v) is 3.30. The molecule has 0 bridgehead atoms. The van der Waals surface area contributed by atoms with Gasteiger partial charge in [-0.3, -0.25) is 0 Å². The van der Waals surface area contributed by atoms with Crippen LogP contribution < -0.4 is 5.73 Å². The fourth-order valence-electron chi connectivity index (χ4n) is 2.06. The maximum Gasteiger partial charge on any atom is 0.0246 e. The molecule has 1 aromatic carbocycles. The Kier molecular flexibility index (Phi) is 3.71. The number of hydrogen-bond donors (Lipinski definition) is 1. The molecule has 1 fully saturated rings. The number of hydrogen-bond acceptors (Lipinski definition) is 2. The Hall–Kier alpha value is -0.470. The molecule has 15 heavy (non-hydrogen) atoms. The number of rotatable bonds is 2. The van der Waals surface area contributed by atoms with Crippen molar-refractivity contribution in [1.29, 1.82) is 0 Å². The second-order valence-electron chi connectivity index (χ2n) is 4.42. The molecule has 0 radical (unpaired) electrons. The lowest BCUT2D eigenvalue weighted by Gasteiger charge is -2.27. The molecule has 2 unspecified atom stereocenters. The molecular formula is C13H19NS. The molecule has 82 valence electrons. The van der Waals surface area contributed by atoms with Crippen LogP contribution in [0.25, 0.3) is 0 Å². The van der Waals surface area contributed by atoms with Gasteiger partial charge in [0, 0.05) is 16.2 Å². The molecule has 0 amide bonds. The quantitative estimate of drug-likeness (QED) is 0.828. The van der Waals surface area contributed by atoms with Gasteiger partial charge in [-0.1, -0.05) is 30.5 Å². The third-order valence-electron chi connectivity index (χ3n) is 3.06. The summed E-state index contributed by atoms with van der Waals surface area (Å²) in [5.41, 5.74) is 7.46. The van der Waals surface area contributed by atoms with E-state index in [4.69, 9.17) is 5.73 Å². The van der Waals surface area contributed by atoms with Gasteiger partial charge in [0.1, 0.15) is 0 Å². The second kappa shape index (κ2) is 5.04. The Morgan fingerprint density at radius 1 is 1.13 bits per heavy atom. The molecule has 2 rings (SSSR count). The third-order valence-corrected chi connectivity index (χ3v) is 4.49. The monoisotopic (exact) mass is 221 g/mol. The first kappa shape index (κ1) is 11.0. The average molecular weight is 221 g/mol. The van der Waals surface area contributed by atoms with Crippen molar-refractivity contribution < 1.29 is 0 Å². The lowest BCUT2D eigenvalue weighted by molar-refractivity contribution is 0.453. The van der Waals surface area contributed by atoms with Crippen LogP contribution in [0.5, 0.6) is 0 Å².